The summed E-state index contributed by atoms with van der Waals surface area (Å²) in [6, 6.07) is 3.84. The minimum absolute atomic E-state index is 0.0687. The van der Waals surface area contributed by atoms with Gasteiger partial charge in [-0.05, 0) is 31.2 Å². The second kappa shape index (κ2) is 6.87. The third-order valence-corrected chi connectivity index (χ3v) is 3.20. The first-order chi connectivity index (χ1) is 11.5. The topological polar surface area (TPSA) is 63.8 Å². The van der Waals surface area contributed by atoms with Crippen molar-refractivity contribution in [1.29, 1.82) is 0 Å². The lowest BCUT2D eigenvalue weighted by Gasteiger charge is -2.15. The molecule has 1 aromatic carbocycles. The number of aromatic nitrogens is 2. The fraction of sp³-hybridized carbons (Fsp3) is 0.333. The predicted octanol–water partition coefficient (Wildman–Crippen LogP) is 3.94. The summed E-state index contributed by atoms with van der Waals surface area (Å²) in [6.45, 7) is 2.12. The molecule has 4 nitrogen and oxygen atoms in total. The molecule has 2 aromatic rings. The number of anilines is 1. The summed E-state index contributed by atoms with van der Waals surface area (Å²) in [4.78, 5) is 0. The van der Waals surface area contributed by atoms with Gasteiger partial charge in [0.15, 0.2) is 0 Å². The van der Waals surface area contributed by atoms with Crippen LogP contribution in [0.1, 0.15) is 18.1 Å². The summed E-state index contributed by atoms with van der Waals surface area (Å²) < 4.78 is 77.5. The second-order valence-electron chi connectivity index (χ2n) is 5.42. The van der Waals surface area contributed by atoms with Gasteiger partial charge in [0, 0.05) is 18.2 Å². The molecule has 0 aliphatic rings. The van der Waals surface area contributed by atoms with Crippen LogP contribution in [0.25, 0.3) is 11.3 Å². The lowest BCUT2D eigenvalue weighted by atomic mass is 10.0. The Balaban J connectivity index is 2.41. The average Bonchev–Trinajstić information content (AvgIpc) is 2.51. The van der Waals surface area contributed by atoms with E-state index in [1.807, 2.05) is 0 Å². The largest absolute Gasteiger partial charge is 0.417 e. The van der Waals surface area contributed by atoms with Crippen LogP contribution in [0, 0.1) is 0 Å². The first-order valence-electron chi connectivity index (χ1n) is 7.10. The predicted molar refractivity (Wildman–Crippen MR) is 79.6 cm³/mol. The molecule has 10 heteroatoms. The minimum atomic E-state index is -4.97. The fourth-order valence-corrected chi connectivity index (χ4v) is 2.01. The molecule has 1 atom stereocenters. The van der Waals surface area contributed by atoms with Gasteiger partial charge >= 0.3 is 12.4 Å². The maximum atomic E-state index is 13.1. The Morgan fingerprint density at radius 1 is 1.00 bits per heavy atom. The molecule has 0 unspecified atom stereocenters. The molecule has 25 heavy (non-hydrogen) atoms. The molecule has 0 fully saturated rings. The smallest absolute Gasteiger partial charge is 0.367 e. The van der Waals surface area contributed by atoms with Crippen LogP contribution in [-0.2, 0) is 12.4 Å². The highest BCUT2D eigenvalue weighted by Gasteiger charge is 2.38. The van der Waals surface area contributed by atoms with E-state index in [0.717, 1.165) is 6.07 Å². The van der Waals surface area contributed by atoms with Crippen molar-refractivity contribution in [2.75, 3.05) is 11.9 Å². The number of hydrogen-bond acceptors (Lipinski definition) is 4. The van der Waals surface area contributed by atoms with Crippen LogP contribution >= 0.6 is 0 Å². The van der Waals surface area contributed by atoms with Crippen molar-refractivity contribution >= 4 is 5.82 Å². The van der Waals surface area contributed by atoms with E-state index in [-0.39, 0.29) is 17.8 Å². The Morgan fingerprint density at radius 3 is 2.16 bits per heavy atom. The molecule has 136 valence electrons. The lowest BCUT2D eigenvalue weighted by Crippen LogP contribution is -2.25. The molecular weight excluding hydrogens is 350 g/mol. The molecule has 0 bridgehead atoms. The quantitative estimate of drug-likeness (QED) is 0.807. The van der Waals surface area contributed by atoms with E-state index in [4.69, 9.17) is 5.73 Å². The number of halogens is 6. The van der Waals surface area contributed by atoms with E-state index in [9.17, 15) is 26.3 Å². The molecule has 0 radical (unpaired) electrons. The van der Waals surface area contributed by atoms with Crippen molar-refractivity contribution in [1.82, 2.24) is 10.2 Å². The van der Waals surface area contributed by atoms with Crippen molar-refractivity contribution in [3.05, 3.63) is 41.5 Å². The zero-order chi connectivity index (χ0) is 18.8. The summed E-state index contributed by atoms with van der Waals surface area (Å²) in [5, 5.41) is 10.2. The lowest BCUT2D eigenvalue weighted by molar-refractivity contribution is -0.142. The maximum absolute atomic E-state index is 13.1. The molecule has 1 heterocycles. The maximum Gasteiger partial charge on any atom is 0.417 e. The SMILES string of the molecule is C[C@@H](N)CNc1ccc(-c2ccc(C(F)(F)F)cc2C(F)(F)F)nn1. The van der Waals surface area contributed by atoms with E-state index in [0.29, 0.717) is 18.4 Å². The van der Waals surface area contributed by atoms with Crippen LogP contribution in [0.3, 0.4) is 0 Å². The van der Waals surface area contributed by atoms with E-state index in [1.54, 1.807) is 6.92 Å². The monoisotopic (exact) mass is 364 g/mol. The summed E-state index contributed by atoms with van der Waals surface area (Å²) in [7, 11) is 0. The molecule has 2 rings (SSSR count). The molecule has 0 spiro atoms. The van der Waals surface area contributed by atoms with E-state index in [2.05, 4.69) is 15.5 Å². The van der Waals surface area contributed by atoms with Crippen molar-refractivity contribution < 1.29 is 26.3 Å². The van der Waals surface area contributed by atoms with Gasteiger partial charge in [-0.2, -0.15) is 26.3 Å². The van der Waals surface area contributed by atoms with Crippen LogP contribution in [-0.4, -0.2) is 22.8 Å². The number of hydrogen-bond donors (Lipinski definition) is 2. The Morgan fingerprint density at radius 2 is 1.68 bits per heavy atom. The van der Waals surface area contributed by atoms with Gasteiger partial charge in [0.1, 0.15) is 5.82 Å². The first kappa shape index (κ1) is 19.0. The summed E-state index contributed by atoms with van der Waals surface area (Å²) in [5.74, 6) is 0.293. The molecule has 0 aliphatic heterocycles. The van der Waals surface area contributed by atoms with Crippen molar-refractivity contribution in [3.63, 3.8) is 0 Å². The van der Waals surface area contributed by atoms with Crippen molar-refractivity contribution in [2.45, 2.75) is 25.3 Å². The van der Waals surface area contributed by atoms with Crippen LogP contribution < -0.4 is 11.1 Å². The molecule has 0 aliphatic carbocycles. The zero-order valence-corrected chi connectivity index (χ0v) is 12.9. The number of nitrogens with two attached hydrogens (primary N) is 1. The van der Waals surface area contributed by atoms with Gasteiger partial charge in [-0.15, -0.1) is 10.2 Å². The number of nitrogens with zero attached hydrogens (tertiary/aromatic N) is 2. The molecule has 3 N–H and O–H groups in total. The highest BCUT2D eigenvalue weighted by molar-refractivity contribution is 5.65. The molecule has 1 aromatic heterocycles. The third kappa shape index (κ3) is 4.81. The van der Waals surface area contributed by atoms with Gasteiger partial charge in [-0.25, -0.2) is 0 Å². The summed E-state index contributed by atoms with van der Waals surface area (Å²) in [6.07, 6.45) is -9.85. The summed E-state index contributed by atoms with van der Waals surface area (Å²) >= 11 is 0. The highest BCUT2D eigenvalue weighted by Crippen LogP contribution is 2.40. The molecule has 0 amide bonds. The van der Waals surface area contributed by atoms with Crippen LogP contribution in [0.2, 0.25) is 0 Å². The van der Waals surface area contributed by atoms with Crippen LogP contribution in [0.4, 0.5) is 32.2 Å². The normalized spacial score (nSPS) is 13.6. The van der Waals surface area contributed by atoms with Gasteiger partial charge in [0.2, 0.25) is 0 Å². The molecule has 0 saturated heterocycles. The Bertz CT molecular complexity index is 722. The molecule has 0 saturated carbocycles. The number of benzene rings is 1. The number of nitrogens with one attached hydrogen (secondary N) is 1. The second-order valence-corrected chi connectivity index (χ2v) is 5.42. The fourth-order valence-electron chi connectivity index (χ4n) is 2.01. The number of rotatable bonds is 4. The van der Waals surface area contributed by atoms with Crippen LogP contribution in [0.15, 0.2) is 30.3 Å². The molecular formula is C15H14F6N4. The number of alkyl halides is 6. The van der Waals surface area contributed by atoms with Gasteiger partial charge in [-0.1, -0.05) is 6.07 Å². The van der Waals surface area contributed by atoms with Gasteiger partial charge in [0.25, 0.3) is 0 Å². The highest BCUT2D eigenvalue weighted by atomic mass is 19.4. The zero-order valence-electron chi connectivity index (χ0n) is 12.9. The van der Waals surface area contributed by atoms with Gasteiger partial charge in [0.05, 0.1) is 16.8 Å². The average molecular weight is 364 g/mol. The van der Waals surface area contributed by atoms with Crippen molar-refractivity contribution in [3.8, 4) is 11.3 Å². The summed E-state index contributed by atoms with van der Waals surface area (Å²) in [5.41, 5.74) is 2.08. The standard InChI is InChI=1S/C15H14F6N4/c1-8(22)7-23-13-5-4-12(24-25-13)10-3-2-9(14(16,17)18)6-11(10)15(19,20)21/h2-6,8H,7,22H2,1H3,(H,23,25)/t8-/m1/s1. The van der Waals surface area contributed by atoms with Gasteiger partial charge in [-0.3, -0.25) is 0 Å². The van der Waals surface area contributed by atoms with Crippen LogP contribution in [0.5, 0.6) is 0 Å². The first-order valence-corrected chi connectivity index (χ1v) is 7.10. The Kier molecular flexibility index (Phi) is 5.21. The van der Waals surface area contributed by atoms with Gasteiger partial charge < -0.3 is 11.1 Å². The van der Waals surface area contributed by atoms with E-state index in [1.165, 1.54) is 12.1 Å². The Labute approximate surface area is 139 Å². The van der Waals surface area contributed by atoms with E-state index < -0.39 is 29.0 Å². The Hall–Kier alpha value is -2.36. The van der Waals surface area contributed by atoms with Crippen molar-refractivity contribution in [2.24, 2.45) is 5.73 Å². The third-order valence-electron chi connectivity index (χ3n) is 3.20. The van der Waals surface area contributed by atoms with E-state index >= 15 is 0 Å². The minimum Gasteiger partial charge on any atom is -0.367 e.